The minimum Gasteiger partial charge on any atom is -0.341 e. The molecule has 0 spiro atoms. The molecule has 0 atom stereocenters. The molecule has 1 N–H and O–H groups in total. The number of rotatable bonds is 2. The minimum absolute atomic E-state index is 0. The summed E-state index contributed by atoms with van der Waals surface area (Å²) in [5, 5.41) is 3.31. The molecule has 0 unspecified atom stereocenters. The lowest BCUT2D eigenvalue weighted by molar-refractivity contribution is -0.136. The average Bonchev–Trinajstić information content (AvgIpc) is 2.87. The monoisotopic (exact) mass is 365 g/mol. The fraction of sp³-hybridized carbons (Fsp3) is 0.579. The molecule has 6 heteroatoms. The second-order valence-corrected chi connectivity index (χ2v) is 6.86. The summed E-state index contributed by atoms with van der Waals surface area (Å²) in [5.74, 6) is 0.515. The summed E-state index contributed by atoms with van der Waals surface area (Å²) in [6.07, 6.45) is 2.72. The van der Waals surface area contributed by atoms with E-state index in [1.807, 2.05) is 41.0 Å². The fourth-order valence-corrected chi connectivity index (χ4v) is 3.63. The van der Waals surface area contributed by atoms with E-state index in [2.05, 4.69) is 5.32 Å². The van der Waals surface area contributed by atoms with Gasteiger partial charge in [-0.05, 0) is 51.4 Å². The number of halogens is 1. The van der Waals surface area contributed by atoms with Crippen molar-refractivity contribution in [1.29, 1.82) is 0 Å². The van der Waals surface area contributed by atoms with E-state index < -0.39 is 0 Å². The van der Waals surface area contributed by atoms with Crippen LogP contribution in [0.1, 0.15) is 35.2 Å². The molecule has 1 aromatic carbocycles. The number of carbonyl (C=O) groups excluding carboxylic acids is 2. The smallest absolute Gasteiger partial charge is 0.253 e. The summed E-state index contributed by atoms with van der Waals surface area (Å²) in [4.78, 5) is 29.3. The van der Waals surface area contributed by atoms with Crippen molar-refractivity contribution in [3.63, 3.8) is 0 Å². The van der Waals surface area contributed by atoms with Gasteiger partial charge in [-0.3, -0.25) is 9.59 Å². The standard InChI is InChI=1S/C19H27N3O2.ClH/c1-15-4-2-5-17(14-15)19(24)22-11-3-10-21(12-13-22)18(23)16-6-8-20-9-7-16;/h2,4-5,14,16,20H,3,6-13H2,1H3;1H. The van der Waals surface area contributed by atoms with Gasteiger partial charge in [-0.1, -0.05) is 17.7 Å². The maximum absolute atomic E-state index is 12.7. The zero-order valence-corrected chi connectivity index (χ0v) is 15.7. The first-order valence-corrected chi connectivity index (χ1v) is 9.00. The number of benzene rings is 1. The average molecular weight is 366 g/mol. The number of hydrogen-bond acceptors (Lipinski definition) is 3. The molecule has 2 fully saturated rings. The molecule has 1 aromatic rings. The molecule has 0 bridgehead atoms. The molecular formula is C19H28ClN3O2. The molecule has 2 saturated heterocycles. The van der Waals surface area contributed by atoms with Crippen molar-refractivity contribution in [2.45, 2.75) is 26.2 Å². The first-order valence-electron chi connectivity index (χ1n) is 9.00. The van der Waals surface area contributed by atoms with Gasteiger partial charge in [-0.25, -0.2) is 0 Å². The van der Waals surface area contributed by atoms with Crippen molar-refractivity contribution < 1.29 is 9.59 Å². The van der Waals surface area contributed by atoms with E-state index >= 15 is 0 Å². The molecular weight excluding hydrogens is 338 g/mol. The van der Waals surface area contributed by atoms with Gasteiger partial charge in [0.25, 0.3) is 5.91 Å². The number of piperidine rings is 1. The molecule has 0 aliphatic carbocycles. The van der Waals surface area contributed by atoms with Gasteiger partial charge >= 0.3 is 0 Å². The highest BCUT2D eigenvalue weighted by molar-refractivity contribution is 5.94. The maximum atomic E-state index is 12.7. The highest BCUT2D eigenvalue weighted by atomic mass is 35.5. The molecule has 0 aromatic heterocycles. The Kier molecular flexibility index (Phi) is 7.26. The normalized spacial score (nSPS) is 19.1. The van der Waals surface area contributed by atoms with Gasteiger partial charge in [0.2, 0.25) is 5.91 Å². The Hall–Kier alpha value is -1.59. The third kappa shape index (κ3) is 4.95. The number of carbonyl (C=O) groups is 2. The first kappa shape index (κ1) is 19.7. The largest absolute Gasteiger partial charge is 0.341 e. The van der Waals surface area contributed by atoms with Gasteiger partial charge in [0.05, 0.1) is 0 Å². The van der Waals surface area contributed by atoms with Crippen molar-refractivity contribution in [2.24, 2.45) is 5.92 Å². The predicted octanol–water partition coefficient (Wildman–Crippen LogP) is 2.09. The molecule has 5 nitrogen and oxygen atoms in total. The molecule has 0 radical (unpaired) electrons. The number of nitrogens with zero attached hydrogens (tertiary/aromatic N) is 2. The van der Waals surface area contributed by atoms with Crippen molar-refractivity contribution >= 4 is 24.2 Å². The summed E-state index contributed by atoms with van der Waals surface area (Å²) in [7, 11) is 0. The molecule has 2 aliphatic heterocycles. The Morgan fingerprint density at radius 1 is 1.04 bits per heavy atom. The molecule has 2 amide bonds. The van der Waals surface area contributed by atoms with Crippen LogP contribution in [0.3, 0.4) is 0 Å². The second kappa shape index (κ2) is 9.20. The minimum atomic E-state index is 0. The third-order valence-corrected chi connectivity index (χ3v) is 5.05. The van der Waals surface area contributed by atoms with Gasteiger partial charge in [0.1, 0.15) is 0 Å². The van der Waals surface area contributed by atoms with Gasteiger partial charge in [0, 0.05) is 37.7 Å². The highest BCUT2D eigenvalue weighted by Gasteiger charge is 2.28. The summed E-state index contributed by atoms with van der Waals surface area (Å²) in [6.45, 7) is 6.63. The van der Waals surface area contributed by atoms with Crippen LogP contribution in [0.4, 0.5) is 0 Å². The Bertz CT molecular complexity index is 602. The van der Waals surface area contributed by atoms with E-state index in [1.54, 1.807) is 0 Å². The van der Waals surface area contributed by atoms with Crippen molar-refractivity contribution in [3.05, 3.63) is 35.4 Å². The molecule has 3 rings (SSSR count). The molecule has 2 aliphatic rings. The van der Waals surface area contributed by atoms with Crippen LogP contribution >= 0.6 is 12.4 Å². The molecule has 0 saturated carbocycles. The van der Waals surface area contributed by atoms with E-state index in [-0.39, 0.29) is 30.1 Å². The lowest BCUT2D eigenvalue weighted by atomic mass is 9.96. The van der Waals surface area contributed by atoms with Crippen LogP contribution < -0.4 is 5.32 Å². The third-order valence-electron chi connectivity index (χ3n) is 5.05. The summed E-state index contributed by atoms with van der Waals surface area (Å²) >= 11 is 0. The number of amides is 2. The fourth-order valence-electron chi connectivity index (χ4n) is 3.63. The Morgan fingerprint density at radius 2 is 1.72 bits per heavy atom. The Morgan fingerprint density at radius 3 is 2.44 bits per heavy atom. The van der Waals surface area contributed by atoms with Crippen LogP contribution in [-0.4, -0.2) is 60.9 Å². The summed E-state index contributed by atoms with van der Waals surface area (Å²) < 4.78 is 0. The predicted molar refractivity (Wildman–Crippen MR) is 101 cm³/mol. The summed E-state index contributed by atoms with van der Waals surface area (Å²) in [6, 6.07) is 7.73. The van der Waals surface area contributed by atoms with Crippen LogP contribution in [-0.2, 0) is 4.79 Å². The van der Waals surface area contributed by atoms with Gasteiger partial charge < -0.3 is 15.1 Å². The van der Waals surface area contributed by atoms with Crippen LogP contribution in [0.15, 0.2) is 24.3 Å². The van der Waals surface area contributed by atoms with Crippen LogP contribution in [0.5, 0.6) is 0 Å². The van der Waals surface area contributed by atoms with E-state index in [4.69, 9.17) is 0 Å². The molecule has 25 heavy (non-hydrogen) atoms. The van der Waals surface area contributed by atoms with Gasteiger partial charge in [-0.2, -0.15) is 0 Å². The van der Waals surface area contributed by atoms with Crippen LogP contribution in [0.25, 0.3) is 0 Å². The van der Waals surface area contributed by atoms with E-state index in [0.29, 0.717) is 13.1 Å². The number of hydrogen-bond donors (Lipinski definition) is 1. The zero-order chi connectivity index (χ0) is 16.9. The lowest BCUT2D eigenvalue weighted by Crippen LogP contribution is -2.43. The van der Waals surface area contributed by atoms with E-state index in [1.165, 1.54) is 0 Å². The maximum Gasteiger partial charge on any atom is 0.253 e. The van der Waals surface area contributed by atoms with Crippen LogP contribution in [0, 0.1) is 12.8 Å². The Balaban J connectivity index is 0.00000225. The van der Waals surface area contributed by atoms with Gasteiger partial charge in [-0.15, -0.1) is 12.4 Å². The second-order valence-electron chi connectivity index (χ2n) is 6.86. The van der Waals surface area contributed by atoms with E-state index in [9.17, 15) is 9.59 Å². The Labute approximate surface area is 156 Å². The number of aryl methyl sites for hydroxylation is 1. The van der Waals surface area contributed by atoms with Crippen molar-refractivity contribution in [2.75, 3.05) is 39.3 Å². The quantitative estimate of drug-likeness (QED) is 0.873. The number of nitrogens with one attached hydrogen (secondary N) is 1. The van der Waals surface area contributed by atoms with Crippen molar-refractivity contribution in [1.82, 2.24) is 15.1 Å². The van der Waals surface area contributed by atoms with Crippen LogP contribution in [0.2, 0.25) is 0 Å². The first-order chi connectivity index (χ1) is 11.6. The molecule has 138 valence electrons. The van der Waals surface area contributed by atoms with Gasteiger partial charge in [0.15, 0.2) is 0 Å². The SMILES string of the molecule is Cc1cccc(C(=O)N2CCCN(C(=O)C3CCNCC3)CC2)c1.Cl. The lowest BCUT2D eigenvalue weighted by Gasteiger charge is -2.28. The zero-order valence-electron chi connectivity index (χ0n) is 14.9. The van der Waals surface area contributed by atoms with Crippen molar-refractivity contribution in [3.8, 4) is 0 Å². The summed E-state index contributed by atoms with van der Waals surface area (Å²) in [5.41, 5.74) is 1.84. The highest BCUT2D eigenvalue weighted by Crippen LogP contribution is 2.17. The van der Waals surface area contributed by atoms with E-state index in [0.717, 1.165) is 56.6 Å². The molecule has 2 heterocycles. The topological polar surface area (TPSA) is 52.7 Å².